The van der Waals surface area contributed by atoms with Crippen LogP contribution >= 0.6 is 0 Å². The summed E-state index contributed by atoms with van der Waals surface area (Å²) in [5.74, 6) is 0.332. The molecule has 0 saturated heterocycles. The summed E-state index contributed by atoms with van der Waals surface area (Å²) in [4.78, 5) is 12.2. The van der Waals surface area contributed by atoms with Crippen molar-refractivity contribution in [3.8, 4) is 17.5 Å². The Hall–Kier alpha value is -3.80. The molecule has 0 unspecified atom stereocenters. The minimum Gasteiger partial charge on any atom is -0.497 e. The SMILES string of the molecule is COc1ccc(NC(=O)Cc2ccn(-c3ccc(C#N)c(C(F)(F)F)c3)n2)cc1. The predicted molar refractivity (Wildman–Crippen MR) is 98.6 cm³/mol. The first kappa shape index (κ1) is 19.9. The quantitative estimate of drug-likeness (QED) is 0.703. The Kier molecular flexibility index (Phi) is 5.54. The van der Waals surface area contributed by atoms with E-state index in [4.69, 9.17) is 10.00 Å². The first-order valence-corrected chi connectivity index (χ1v) is 8.40. The van der Waals surface area contributed by atoms with Crippen molar-refractivity contribution in [2.75, 3.05) is 12.4 Å². The second-order valence-electron chi connectivity index (χ2n) is 6.04. The number of aromatic nitrogens is 2. The second-order valence-corrected chi connectivity index (χ2v) is 6.04. The van der Waals surface area contributed by atoms with Crippen molar-refractivity contribution < 1.29 is 22.7 Å². The third-order valence-electron chi connectivity index (χ3n) is 4.05. The summed E-state index contributed by atoms with van der Waals surface area (Å²) < 4.78 is 45.6. The Morgan fingerprint density at radius 2 is 1.93 bits per heavy atom. The number of ether oxygens (including phenoxy) is 1. The maximum Gasteiger partial charge on any atom is 0.417 e. The van der Waals surface area contributed by atoms with Crippen molar-refractivity contribution in [2.45, 2.75) is 12.6 Å². The van der Waals surface area contributed by atoms with Gasteiger partial charge in [-0.15, -0.1) is 0 Å². The standard InChI is InChI=1S/C20H15F3N4O2/c1-29-17-6-3-14(4-7-17)25-19(28)10-15-8-9-27(26-15)16-5-2-13(12-24)18(11-16)20(21,22)23/h2-9,11H,10H2,1H3,(H,25,28). The minimum atomic E-state index is -4.66. The molecule has 1 heterocycles. The van der Waals surface area contributed by atoms with Crippen molar-refractivity contribution in [1.82, 2.24) is 9.78 Å². The van der Waals surface area contributed by atoms with Crippen LogP contribution in [-0.4, -0.2) is 22.8 Å². The van der Waals surface area contributed by atoms with Crippen LogP contribution in [0.2, 0.25) is 0 Å². The summed E-state index contributed by atoms with van der Waals surface area (Å²) in [6.07, 6.45) is -3.26. The molecule has 0 aliphatic carbocycles. The number of hydrogen-bond acceptors (Lipinski definition) is 4. The van der Waals surface area contributed by atoms with Crippen molar-refractivity contribution in [3.63, 3.8) is 0 Å². The molecule has 0 aliphatic rings. The summed E-state index contributed by atoms with van der Waals surface area (Å²) >= 11 is 0. The molecule has 3 rings (SSSR count). The molecule has 0 fully saturated rings. The van der Waals surface area contributed by atoms with Gasteiger partial charge in [0.1, 0.15) is 5.75 Å². The fourth-order valence-corrected chi connectivity index (χ4v) is 2.65. The van der Waals surface area contributed by atoms with Gasteiger partial charge in [-0.1, -0.05) is 0 Å². The maximum atomic E-state index is 13.1. The Balaban J connectivity index is 1.73. The Morgan fingerprint density at radius 1 is 1.21 bits per heavy atom. The third kappa shape index (κ3) is 4.73. The van der Waals surface area contributed by atoms with E-state index in [1.54, 1.807) is 30.3 Å². The van der Waals surface area contributed by atoms with Crippen LogP contribution in [0.3, 0.4) is 0 Å². The van der Waals surface area contributed by atoms with Crippen LogP contribution in [0.4, 0.5) is 18.9 Å². The zero-order valence-electron chi connectivity index (χ0n) is 15.2. The van der Waals surface area contributed by atoms with Crippen LogP contribution in [0.5, 0.6) is 5.75 Å². The molecular weight excluding hydrogens is 385 g/mol. The van der Waals surface area contributed by atoms with Crippen LogP contribution in [0.1, 0.15) is 16.8 Å². The fraction of sp³-hybridized carbons (Fsp3) is 0.150. The average Bonchev–Trinajstić information content (AvgIpc) is 3.15. The summed E-state index contributed by atoms with van der Waals surface area (Å²) in [5, 5.41) is 15.7. The highest BCUT2D eigenvalue weighted by Gasteiger charge is 2.34. The van der Waals surface area contributed by atoms with E-state index in [0.717, 1.165) is 12.1 Å². The predicted octanol–water partition coefficient (Wildman–Crippen LogP) is 3.95. The van der Waals surface area contributed by atoms with Gasteiger partial charge in [-0.2, -0.15) is 23.5 Å². The van der Waals surface area contributed by atoms with Crippen LogP contribution in [0.25, 0.3) is 5.69 Å². The van der Waals surface area contributed by atoms with Crippen LogP contribution in [-0.2, 0) is 17.4 Å². The second kappa shape index (κ2) is 8.06. The topological polar surface area (TPSA) is 79.9 Å². The lowest BCUT2D eigenvalue weighted by molar-refractivity contribution is -0.137. The van der Waals surface area contributed by atoms with E-state index in [-0.39, 0.29) is 18.0 Å². The molecule has 0 bridgehead atoms. The number of carbonyl (C=O) groups is 1. The molecule has 1 N–H and O–H groups in total. The van der Waals surface area contributed by atoms with Crippen molar-refractivity contribution in [2.24, 2.45) is 0 Å². The highest BCUT2D eigenvalue weighted by molar-refractivity contribution is 5.92. The summed E-state index contributed by atoms with van der Waals surface area (Å²) in [6.45, 7) is 0. The van der Waals surface area contributed by atoms with Crippen LogP contribution < -0.4 is 10.1 Å². The molecule has 2 aromatic carbocycles. The molecule has 9 heteroatoms. The first-order chi connectivity index (χ1) is 13.8. The van der Waals surface area contributed by atoms with Gasteiger partial charge in [-0.05, 0) is 48.5 Å². The highest BCUT2D eigenvalue weighted by Crippen LogP contribution is 2.33. The number of rotatable bonds is 5. The van der Waals surface area contributed by atoms with Crippen molar-refractivity contribution in [3.05, 3.63) is 71.5 Å². The number of benzene rings is 2. The van der Waals surface area contributed by atoms with E-state index in [9.17, 15) is 18.0 Å². The van der Waals surface area contributed by atoms with Gasteiger partial charge in [-0.25, -0.2) is 4.68 Å². The number of hydrogen-bond donors (Lipinski definition) is 1. The number of carbonyl (C=O) groups excluding carboxylic acids is 1. The van der Waals surface area contributed by atoms with Crippen LogP contribution in [0, 0.1) is 11.3 Å². The normalized spacial score (nSPS) is 11.0. The Labute approximate surface area is 164 Å². The first-order valence-electron chi connectivity index (χ1n) is 8.40. The van der Waals surface area contributed by atoms with Gasteiger partial charge in [0.25, 0.3) is 0 Å². The van der Waals surface area contributed by atoms with Crippen molar-refractivity contribution in [1.29, 1.82) is 5.26 Å². The van der Waals surface area contributed by atoms with E-state index in [1.165, 1.54) is 30.1 Å². The van der Waals surface area contributed by atoms with Gasteiger partial charge in [0.2, 0.25) is 5.91 Å². The van der Waals surface area contributed by atoms with Gasteiger partial charge < -0.3 is 10.1 Å². The monoisotopic (exact) mass is 400 g/mol. The maximum absolute atomic E-state index is 13.1. The number of nitrogens with zero attached hydrogens (tertiary/aromatic N) is 3. The molecule has 148 valence electrons. The van der Waals surface area contributed by atoms with Crippen molar-refractivity contribution >= 4 is 11.6 Å². The molecule has 0 spiro atoms. The number of nitrogens with one attached hydrogen (secondary N) is 1. The molecule has 0 aliphatic heterocycles. The third-order valence-corrected chi connectivity index (χ3v) is 4.05. The summed E-state index contributed by atoms with van der Waals surface area (Å²) in [6, 6.07) is 13.2. The molecule has 1 amide bonds. The van der Waals surface area contributed by atoms with E-state index >= 15 is 0 Å². The summed E-state index contributed by atoms with van der Waals surface area (Å²) in [5.41, 5.74) is -0.400. The molecule has 29 heavy (non-hydrogen) atoms. The number of methoxy groups -OCH3 is 1. The molecule has 6 nitrogen and oxygen atoms in total. The van der Waals surface area contributed by atoms with Crippen LogP contribution in [0.15, 0.2) is 54.7 Å². The zero-order chi connectivity index (χ0) is 21.0. The van der Waals surface area contributed by atoms with Gasteiger partial charge in [0, 0.05) is 11.9 Å². The van der Waals surface area contributed by atoms with E-state index in [1.807, 2.05) is 0 Å². The number of halogens is 3. The molecule has 0 radical (unpaired) electrons. The van der Waals surface area contributed by atoms with E-state index < -0.39 is 17.3 Å². The lowest BCUT2D eigenvalue weighted by Crippen LogP contribution is -2.15. The van der Waals surface area contributed by atoms with Gasteiger partial charge in [0.05, 0.1) is 42.1 Å². The van der Waals surface area contributed by atoms with Gasteiger partial charge >= 0.3 is 6.18 Å². The lowest BCUT2D eigenvalue weighted by atomic mass is 10.1. The Bertz CT molecular complexity index is 1070. The zero-order valence-corrected chi connectivity index (χ0v) is 15.2. The number of anilines is 1. The molecule has 0 atom stereocenters. The lowest BCUT2D eigenvalue weighted by Gasteiger charge is -2.10. The minimum absolute atomic E-state index is 0.0541. The van der Waals surface area contributed by atoms with Gasteiger partial charge in [-0.3, -0.25) is 4.79 Å². The Morgan fingerprint density at radius 3 is 2.55 bits per heavy atom. The number of alkyl halides is 3. The van der Waals surface area contributed by atoms with E-state index in [2.05, 4.69) is 10.4 Å². The smallest absolute Gasteiger partial charge is 0.417 e. The molecular formula is C20H15F3N4O2. The largest absolute Gasteiger partial charge is 0.497 e. The number of amides is 1. The molecule has 3 aromatic rings. The average molecular weight is 400 g/mol. The fourth-order valence-electron chi connectivity index (χ4n) is 2.65. The molecule has 0 saturated carbocycles. The van der Waals surface area contributed by atoms with Gasteiger partial charge in [0.15, 0.2) is 0 Å². The molecule has 1 aromatic heterocycles. The number of nitriles is 1. The highest BCUT2D eigenvalue weighted by atomic mass is 19.4. The summed E-state index contributed by atoms with van der Waals surface area (Å²) in [7, 11) is 1.54. The van der Waals surface area contributed by atoms with E-state index in [0.29, 0.717) is 17.1 Å².